The van der Waals surface area contributed by atoms with Crippen molar-refractivity contribution in [3.8, 4) is 0 Å². The van der Waals surface area contributed by atoms with E-state index in [0.717, 1.165) is 19.3 Å². The molecule has 0 aromatic heterocycles. The van der Waals surface area contributed by atoms with Crippen LogP contribution in [0.3, 0.4) is 0 Å². The molecule has 0 spiro atoms. The van der Waals surface area contributed by atoms with Gasteiger partial charge in [-0.25, -0.2) is 0 Å². The maximum atomic E-state index is 12.1. The molecule has 0 bridgehead atoms. The van der Waals surface area contributed by atoms with Crippen molar-refractivity contribution in [2.45, 2.75) is 38.6 Å². The van der Waals surface area contributed by atoms with Crippen LogP contribution in [-0.4, -0.2) is 44.7 Å². The molecule has 116 valence electrons. The number of hydrogen-bond donors (Lipinski definition) is 3. The highest BCUT2D eigenvalue weighted by molar-refractivity contribution is 5.81. The molecule has 20 heavy (non-hydrogen) atoms. The van der Waals surface area contributed by atoms with Crippen molar-refractivity contribution in [3.63, 3.8) is 0 Å². The summed E-state index contributed by atoms with van der Waals surface area (Å²) in [6.45, 7) is 3.49. The fourth-order valence-corrected chi connectivity index (χ4v) is 2.52. The third-order valence-electron chi connectivity index (χ3n) is 3.78. The van der Waals surface area contributed by atoms with Crippen molar-refractivity contribution in [2.75, 3.05) is 26.8 Å². The summed E-state index contributed by atoms with van der Waals surface area (Å²) in [7, 11) is 1.58. The fraction of sp³-hybridized carbons (Fsp3) is 0.857. The lowest BCUT2D eigenvalue weighted by Gasteiger charge is -2.31. The zero-order valence-electron chi connectivity index (χ0n) is 12.5. The van der Waals surface area contributed by atoms with Gasteiger partial charge in [-0.2, -0.15) is 0 Å². The summed E-state index contributed by atoms with van der Waals surface area (Å²) in [5.41, 5.74) is 6.00. The zero-order chi connectivity index (χ0) is 15.0. The molecule has 6 nitrogen and oxygen atoms in total. The summed E-state index contributed by atoms with van der Waals surface area (Å²) >= 11 is 0. The Balaban J connectivity index is 2.20. The van der Waals surface area contributed by atoms with E-state index in [0.29, 0.717) is 25.6 Å². The van der Waals surface area contributed by atoms with Gasteiger partial charge in [-0.15, -0.1) is 0 Å². The Morgan fingerprint density at radius 1 is 1.25 bits per heavy atom. The summed E-state index contributed by atoms with van der Waals surface area (Å²) in [4.78, 5) is 23.5. The van der Waals surface area contributed by atoms with Crippen LogP contribution in [-0.2, 0) is 14.3 Å². The molecule has 2 amide bonds. The Morgan fingerprint density at radius 3 is 2.70 bits per heavy atom. The molecule has 0 radical (unpaired) electrons. The summed E-state index contributed by atoms with van der Waals surface area (Å²) < 4.78 is 4.84. The van der Waals surface area contributed by atoms with Crippen molar-refractivity contribution in [1.82, 2.24) is 10.6 Å². The Labute approximate surface area is 120 Å². The first kappa shape index (κ1) is 16.9. The average molecular weight is 285 g/mol. The highest BCUT2D eigenvalue weighted by Crippen LogP contribution is 2.27. The number of ether oxygens (including phenoxy) is 1. The number of nitrogens with two attached hydrogens (primary N) is 1. The minimum Gasteiger partial charge on any atom is -0.383 e. The van der Waals surface area contributed by atoms with E-state index in [1.165, 1.54) is 0 Å². The van der Waals surface area contributed by atoms with E-state index in [1.54, 1.807) is 7.11 Å². The lowest BCUT2D eigenvalue weighted by atomic mass is 9.79. The normalized spacial score (nSPS) is 26.1. The first-order valence-corrected chi connectivity index (χ1v) is 7.33. The number of carbonyl (C=O) groups is 2. The van der Waals surface area contributed by atoms with Crippen LogP contribution < -0.4 is 16.4 Å². The maximum absolute atomic E-state index is 12.1. The predicted molar refractivity (Wildman–Crippen MR) is 77.0 cm³/mol. The third-order valence-corrected chi connectivity index (χ3v) is 3.78. The smallest absolute Gasteiger partial charge is 0.224 e. The Bertz CT molecular complexity index is 323. The highest BCUT2D eigenvalue weighted by atomic mass is 16.5. The standard InChI is InChI=1S/C14H27N3O3/c1-10-3-4-12(15)11(9-10)14(19)17-6-5-13(18)16-7-8-20-2/h10-12H,3-9,15H2,1-2H3,(H,16,18)(H,17,19). The number of amides is 2. The monoisotopic (exact) mass is 285 g/mol. The van der Waals surface area contributed by atoms with E-state index in [-0.39, 0.29) is 30.2 Å². The number of hydrogen-bond acceptors (Lipinski definition) is 4. The van der Waals surface area contributed by atoms with Crippen molar-refractivity contribution < 1.29 is 14.3 Å². The topological polar surface area (TPSA) is 93.5 Å². The van der Waals surface area contributed by atoms with Crippen LogP contribution in [0.4, 0.5) is 0 Å². The van der Waals surface area contributed by atoms with Crippen LogP contribution in [0.1, 0.15) is 32.6 Å². The Kier molecular flexibility index (Phi) is 7.54. The highest BCUT2D eigenvalue weighted by Gasteiger charge is 2.31. The van der Waals surface area contributed by atoms with Crippen LogP contribution in [0.5, 0.6) is 0 Å². The van der Waals surface area contributed by atoms with Gasteiger partial charge in [0, 0.05) is 32.7 Å². The summed E-state index contributed by atoms with van der Waals surface area (Å²) in [5.74, 6) is 0.329. The molecule has 3 unspecified atom stereocenters. The second kappa shape index (κ2) is 8.92. The van der Waals surface area contributed by atoms with Crippen LogP contribution in [0.25, 0.3) is 0 Å². The van der Waals surface area contributed by atoms with Gasteiger partial charge in [-0.1, -0.05) is 6.92 Å². The second-order valence-corrected chi connectivity index (χ2v) is 5.57. The number of carbonyl (C=O) groups excluding carboxylic acids is 2. The maximum Gasteiger partial charge on any atom is 0.224 e. The van der Waals surface area contributed by atoms with E-state index in [1.807, 2.05) is 0 Å². The van der Waals surface area contributed by atoms with Crippen LogP contribution in [0.15, 0.2) is 0 Å². The lowest BCUT2D eigenvalue weighted by molar-refractivity contribution is -0.127. The lowest BCUT2D eigenvalue weighted by Crippen LogP contribution is -2.45. The van der Waals surface area contributed by atoms with E-state index in [4.69, 9.17) is 10.5 Å². The zero-order valence-corrected chi connectivity index (χ0v) is 12.5. The van der Waals surface area contributed by atoms with Crippen molar-refractivity contribution in [2.24, 2.45) is 17.6 Å². The molecule has 1 aliphatic rings. The Hall–Kier alpha value is -1.14. The van der Waals surface area contributed by atoms with Gasteiger partial charge in [0.15, 0.2) is 0 Å². The largest absolute Gasteiger partial charge is 0.383 e. The number of methoxy groups -OCH3 is 1. The molecular weight excluding hydrogens is 258 g/mol. The quantitative estimate of drug-likeness (QED) is 0.575. The van der Waals surface area contributed by atoms with Gasteiger partial charge in [-0.3, -0.25) is 9.59 Å². The van der Waals surface area contributed by atoms with Crippen LogP contribution in [0.2, 0.25) is 0 Å². The first-order chi connectivity index (χ1) is 9.54. The van der Waals surface area contributed by atoms with Gasteiger partial charge < -0.3 is 21.1 Å². The molecule has 0 heterocycles. The molecule has 0 aromatic rings. The third kappa shape index (κ3) is 5.88. The van der Waals surface area contributed by atoms with Crippen molar-refractivity contribution in [3.05, 3.63) is 0 Å². The second-order valence-electron chi connectivity index (χ2n) is 5.57. The van der Waals surface area contributed by atoms with E-state index in [9.17, 15) is 9.59 Å². The van der Waals surface area contributed by atoms with Crippen LogP contribution >= 0.6 is 0 Å². The minimum absolute atomic E-state index is 0.0197. The molecule has 1 aliphatic carbocycles. The number of rotatable bonds is 7. The molecule has 3 atom stereocenters. The molecule has 4 N–H and O–H groups in total. The molecule has 1 fully saturated rings. The van der Waals surface area contributed by atoms with Gasteiger partial charge in [0.25, 0.3) is 0 Å². The summed E-state index contributed by atoms with van der Waals surface area (Å²) in [6.07, 6.45) is 3.11. The van der Waals surface area contributed by atoms with Gasteiger partial charge >= 0.3 is 0 Å². The van der Waals surface area contributed by atoms with Gasteiger partial charge in [0.1, 0.15) is 0 Å². The number of nitrogens with one attached hydrogen (secondary N) is 2. The van der Waals surface area contributed by atoms with Crippen molar-refractivity contribution >= 4 is 11.8 Å². The van der Waals surface area contributed by atoms with Gasteiger partial charge in [0.2, 0.25) is 11.8 Å². The van der Waals surface area contributed by atoms with E-state index < -0.39 is 0 Å². The Morgan fingerprint density at radius 2 is 2.00 bits per heavy atom. The van der Waals surface area contributed by atoms with Crippen molar-refractivity contribution in [1.29, 1.82) is 0 Å². The van der Waals surface area contributed by atoms with Gasteiger partial charge in [0.05, 0.1) is 12.5 Å². The van der Waals surface area contributed by atoms with Crippen LogP contribution in [0, 0.1) is 11.8 Å². The fourth-order valence-electron chi connectivity index (χ4n) is 2.52. The van der Waals surface area contributed by atoms with E-state index in [2.05, 4.69) is 17.6 Å². The average Bonchev–Trinajstić information content (AvgIpc) is 2.41. The molecular formula is C14H27N3O3. The molecule has 0 aliphatic heterocycles. The predicted octanol–water partition coefficient (Wildman–Crippen LogP) is 0.0188. The minimum atomic E-state index is -0.115. The molecule has 0 saturated heterocycles. The van der Waals surface area contributed by atoms with Gasteiger partial charge in [-0.05, 0) is 25.2 Å². The molecule has 6 heteroatoms. The molecule has 0 aromatic carbocycles. The molecule has 1 rings (SSSR count). The first-order valence-electron chi connectivity index (χ1n) is 7.33. The summed E-state index contributed by atoms with van der Waals surface area (Å²) in [5, 5.41) is 5.53. The molecule has 1 saturated carbocycles. The van der Waals surface area contributed by atoms with E-state index >= 15 is 0 Å². The summed E-state index contributed by atoms with van der Waals surface area (Å²) in [6, 6.07) is -0.0540. The SMILES string of the molecule is COCCNC(=O)CCNC(=O)C1CC(C)CCC1N.